The molecule has 0 spiro atoms. The zero-order valence-electron chi connectivity index (χ0n) is 11.6. The summed E-state index contributed by atoms with van der Waals surface area (Å²) in [5.74, 6) is 0.892. The Labute approximate surface area is 109 Å². The van der Waals surface area contributed by atoms with Crippen LogP contribution < -0.4 is 15.8 Å². The largest absolute Gasteiger partial charge is 0.489 e. The first-order valence-electron chi connectivity index (χ1n) is 6.39. The van der Waals surface area contributed by atoms with E-state index in [2.05, 4.69) is 5.32 Å². The van der Waals surface area contributed by atoms with E-state index in [1.807, 2.05) is 45.9 Å². The molecule has 4 nitrogen and oxygen atoms in total. The molecule has 4 heteroatoms. The average molecular weight is 252 g/mol. The van der Waals surface area contributed by atoms with Crippen LogP contribution in [0.5, 0.6) is 5.75 Å². The number of nitrogen functional groups attached to an aromatic ring is 1. The zero-order valence-corrected chi connectivity index (χ0v) is 11.6. The highest BCUT2D eigenvalue weighted by atomic mass is 16.5. The second-order valence-electron chi connectivity index (χ2n) is 5.08. The molecule has 1 aromatic carbocycles. The van der Waals surface area contributed by atoms with Gasteiger partial charge in [0.25, 0.3) is 0 Å². The maximum absolute atomic E-state index is 9.76. The van der Waals surface area contributed by atoms with Gasteiger partial charge in [-0.3, -0.25) is 0 Å². The van der Waals surface area contributed by atoms with Gasteiger partial charge in [0.05, 0.1) is 23.6 Å². The second-order valence-corrected chi connectivity index (χ2v) is 5.08. The third-order valence-electron chi connectivity index (χ3n) is 2.70. The smallest absolute Gasteiger partial charge is 0.144 e. The lowest BCUT2D eigenvalue weighted by Crippen LogP contribution is -2.25. The van der Waals surface area contributed by atoms with Crippen molar-refractivity contribution in [2.75, 3.05) is 17.6 Å². The SMILES string of the molecule is CC(C)Oc1cccc(NCC(O)C(C)C)c1N. The average Bonchev–Trinajstić information content (AvgIpc) is 2.29. The molecule has 0 aromatic heterocycles. The normalized spacial score (nSPS) is 12.8. The van der Waals surface area contributed by atoms with Gasteiger partial charge in [0.15, 0.2) is 0 Å². The number of para-hydroxylation sites is 1. The van der Waals surface area contributed by atoms with E-state index in [1.54, 1.807) is 0 Å². The molecule has 0 aliphatic heterocycles. The summed E-state index contributed by atoms with van der Waals surface area (Å²) < 4.78 is 5.61. The van der Waals surface area contributed by atoms with Crippen LogP contribution in [-0.2, 0) is 0 Å². The molecule has 0 radical (unpaired) electrons. The molecule has 0 fully saturated rings. The van der Waals surface area contributed by atoms with Crippen LogP contribution in [0.2, 0.25) is 0 Å². The van der Waals surface area contributed by atoms with Crippen LogP contribution in [0.1, 0.15) is 27.7 Å². The third-order valence-corrected chi connectivity index (χ3v) is 2.70. The number of nitrogens with one attached hydrogen (secondary N) is 1. The van der Waals surface area contributed by atoms with Crippen molar-refractivity contribution < 1.29 is 9.84 Å². The van der Waals surface area contributed by atoms with Crippen molar-refractivity contribution in [1.29, 1.82) is 0 Å². The quantitative estimate of drug-likeness (QED) is 0.680. The highest BCUT2D eigenvalue weighted by molar-refractivity contribution is 5.72. The Morgan fingerprint density at radius 1 is 1.28 bits per heavy atom. The summed E-state index contributed by atoms with van der Waals surface area (Å²) in [4.78, 5) is 0. The number of rotatable bonds is 6. The second kappa shape index (κ2) is 6.50. The van der Waals surface area contributed by atoms with E-state index in [1.165, 1.54) is 0 Å². The molecule has 1 unspecified atom stereocenters. The van der Waals surface area contributed by atoms with Crippen molar-refractivity contribution in [3.05, 3.63) is 18.2 Å². The lowest BCUT2D eigenvalue weighted by atomic mass is 10.1. The van der Waals surface area contributed by atoms with Crippen LogP contribution in [0.15, 0.2) is 18.2 Å². The van der Waals surface area contributed by atoms with Gasteiger partial charge in [0.2, 0.25) is 0 Å². The molecule has 18 heavy (non-hydrogen) atoms. The van der Waals surface area contributed by atoms with Crippen molar-refractivity contribution in [3.63, 3.8) is 0 Å². The fourth-order valence-electron chi connectivity index (χ4n) is 1.51. The number of hydrogen-bond acceptors (Lipinski definition) is 4. The molecule has 0 heterocycles. The minimum Gasteiger partial charge on any atom is -0.489 e. The van der Waals surface area contributed by atoms with Gasteiger partial charge in [-0.2, -0.15) is 0 Å². The fourth-order valence-corrected chi connectivity index (χ4v) is 1.51. The Morgan fingerprint density at radius 2 is 1.94 bits per heavy atom. The van der Waals surface area contributed by atoms with Crippen LogP contribution in [0.25, 0.3) is 0 Å². The molecule has 102 valence electrons. The number of benzene rings is 1. The first-order valence-corrected chi connectivity index (χ1v) is 6.39. The Hall–Kier alpha value is -1.42. The van der Waals surface area contributed by atoms with E-state index >= 15 is 0 Å². The van der Waals surface area contributed by atoms with Gasteiger partial charge < -0.3 is 20.9 Å². The van der Waals surface area contributed by atoms with Crippen LogP contribution in [0, 0.1) is 5.92 Å². The zero-order chi connectivity index (χ0) is 13.7. The summed E-state index contributed by atoms with van der Waals surface area (Å²) in [6, 6.07) is 5.62. The summed E-state index contributed by atoms with van der Waals surface area (Å²) >= 11 is 0. The number of ether oxygens (including phenoxy) is 1. The first kappa shape index (κ1) is 14.6. The minimum atomic E-state index is -0.390. The van der Waals surface area contributed by atoms with E-state index in [0.717, 1.165) is 5.69 Å². The maximum atomic E-state index is 9.76. The van der Waals surface area contributed by atoms with Crippen molar-refractivity contribution in [2.45, 2.75) is 39.9 Å². The van der Waals surface area contributed by atoms with Gasteiger partial charge in [-0.05, 0) is 31.9 Å². The molecule has 1 aromatic rings. The number of anilines is 2. The summed E-state index contributed by atoms with van der Waals surface area (Å²) in [5, 5.41) is 12.9. The third kappa shape index (κ3) is 4.11. The molecule has 1 rings (SSSR count). The number of hydrogen-bond donors (Lipinski definition) is 3. The fraction of sp³-hybridized carbons (Fsp3) is 0.571. The molecule has 1 atom stereocenters. The number of nitrogens with two attached hydrogens (primary N) is 1. The molecule has 0 saturated carbocycles. The van der Waals surface area contributed by atoms with Crippen molar-refractivity contribution in [2.24, 2.45) is 5.92 Å². The van der Waals surface area contributed by atoms with Gasteiger partial charge in [-0.1, -0.05) is 19.9 Å². The predicted molar refractivity (Wildman–Crippen MR) is 76.0 cm³/mol. The van der Waals surface area contributed by atoms with Gasteiger partial charge in [-0.25, -0.2) is 0 Å². The van der Waals surface area contributed by atoms with E-state index in [0.29, 0.717) is 18.0 Å². The topological polar surface area (TPSA) is 67.5 Å². The molecule has 4 N–H and O–H groups in total. The van der Waals surface area contributed by atoms with Crippen LogP contribution >= 0.6 is 0 Å². The molecule has 0 amide bonds. The number of aliphatic hydroxyl groups excluding tert-OH is 1. The van der Waals surface area contributed by atoms with Crippen molar-refractivity contribution >= 4 is 11.4 Å². The molecule has 0 aliphatic rings. The molecule has 0 saturated heterocycles. The highest BCUT2D eigenvalue weighted by Crippen LogP contribution is 2.30. The lowest BCUT2D eigenvalue weighted by molar-refractivity contribution is 0.138. The standard InChI is InChI=1S/C14H24N2O2/c1-9(2)12(17)8-16-11-6-5-7-13(14(11)15)18-10(3)4/h5-7,9-10,12,16-17H,8,15H2,1-4H3. The Bertz CT molecular complexity index is 378. The van der Waals surface area contributed by atoms with Crippen LogP contribution in [-0.4, -0.2) is 23.9 Å². The van der Waals surface area contributed by atoms with Gasteiger partial charge in [-0.15, -0.1) is 0 Å². The molecule has 0 aliphatic carbocycles. The highest BCUT2D eigenvalue weighted by Gasteiger charge is 2.11. The Kier molecular flexibility index (Phi) is 5.28. The Balaban J connectivity index is 2.72. The summed E-state index contributed by atoms with van der Waals surface area (Å²) in [6.07, 6.45) is -0.303. The van der Waals surface area contributed by atoms with Gasteiger partial charge >= 0.3 is 0 Å². The maximum Gasteiger partial charge on any atom is 0.144 e. The van der Waals surface area contributed by atoms with Gasteiger partial charge in [0, 0.05) is 6.54 Å². The van der Waals surface area contributed by atoms with Gasteiger partial charge in [0.1, 0.15) is 5.75 Å². The molecular weight excluding hydrogens is 228 g/mol. The monoisotopic (exact) mass is 252 g/mol. The van der Waals surface area contributed by atoms with E-state index in [9.17, 15) is 5.11 Å². The first-order chi connectivity index (χ1) is 8.41. The summed E-state index contributed by atoms with van der Waals surface area (Å²) in [5.41, 5.74) is 7.41. The van der Waals surface area contributed by atoms with E-state index in [-0.39, 0.29) is 18.1 Å². The van der Waals surface area contributed by atoms with E-state index < -0.39 is 0 Å². The summed E-state index contributed by atoms with van der Waals surface area (Å²) in [7, 11) is 0. The summed E-state index contributed by atoms with van der Waals surface area (Å²) in [6.45, 7) is 8.36. The molecular formula is C14H24N2O2. The molecule has 0 bridgehead atoms. The van der Waals surface area contributed by atoms with E-state index in [4.69, 9.17) is 10.5 Å². The predicted octanol–water partition coefficient (Wildman–Crippen LogP) is 2.48. The Morgan fingerprint density at radius 3 is 2.50 bits per heavy atom. The number of aliphatic hydroxyl groups is 1. The lowest BCUT2D eigenvalue weighted by Gasteiger charge is -2.19. The van der Waals surface area contributed by atoms with Crippen molar-refractivity contribution in [3.8, 4) is 5.75 Å². The van der Waals surface area contributed by atoms with Crippen LogP contribution in [0.3, 0.4) is 0 Å². The minimum absolute atomic E-state index is 0.0869. The van der Waals surface area contributed by atoms with Crippen LogP contribution in [0.4, 0.5) is 11.4 Å². The van der Waals surface area contributed by atoms with Crippen molar-refractivity contribution in [1.82, 2.24) is 0 Å².